The van der Waals surface area contributed by atoms with Gasteiger partial charge in [0.1, 0.15) is 5.75 Å². The van der Waals surface area contributed by atoms with Gasteiger partial charge in [-0.2, -0.15) is 0 Å². The van der Waals surface area contributed by atoms with Crippen molar-refractivity contribution in [3.63, 3.8) is 0 Å². The van der Waals surface area contributed by atoms with Crippen LogP contribution >= 0.6 is 0 Å². The standard InChI is InChI=1S/C18H22O/c1-5-7-9-11-16-13-15(3)14-17(18(16)19-4)12-10-8-6-2/h1-2,13-14H,7-12H2,3-4H3. The van der Waals surface area contributed by atoms with E-state index in [1.807, 2.05) is 0 Å². The third-order valence-corrected chi connectivity index (χ3v) is 3.13. The van der Waals surface area contributed by atoms with Crippen LogP contribution in [0.4, 0.5) is 0 Å². The molecule has 0 aromatic heterocycles. The SMILES string of the molecule is C#CCCCc1cc(C)cc(CCCC#C)c1OC. The Morgan fingerprint density at radius 3 is 1.84 bits per heavy atom. The van der Waals surface area contributed by atoms with E-state index >= 15 is 0 Å². The van der Waals surface area contributed by atoms with Crippen LogP contribution in [0.1, 0.15) is 42.4 Å². The topological polar surface area (TPSA) is 9.23 Å². The van der Waals surface area contributed by atoms with Crippen molar-refractivity contribution in [1.29, 1.82) is 0 Å². The van der Waals surface area contributed by atoms with E-state index in [1.165, 1.54) is 16.7 Å². The Morgan fingerprint density at radius 2 is 1.47 bits per heavy atom. The minimum absolute atomic E-state index is 0.809. The van der Waals surface area contributed by atoms with Crippen LogP contribution in [0.25, 0.3) is 0 Å². The molecule has 1 aromatic carbocycles. The Balaban J connectivity index is 2.90. The number of benzene rings is 1. The van der Waals surface area contributed by atoms with Gasteiger partial charge in [0.15, 0.2) is 0 Å². The molecule has 19 heavy (non-hydrogen) atoms. The molecule has 1 nitrogen and oxygen atoms in total. The molecule has 100 valence electrons. The summed E-state index contributed by atoms with van der Waals surface area (Å²) in [5.41, 5.74) is 3.79. The smallest absolute Gasteiger partial charge is 0.125 e. The van der Waals surface area contributed by atoms with Gasteiger partial charge in [0.25, 0.3) is 0 Å². The molecule has 0 aliphatic heterocycles. The average Bonchev–Trinajstić information content (AvgIpc) is 2.39. The highest BCUT2D eigenvalue weighted by atomic mass is 16.5. The summed E-state index contributed by atoms with van der Waals surface area (Å²) in [4.78, 5) is 0. The highest BCUT2D eigenvalue weighted by molar-refractivity contribution is 5.45. The number of methoxy groups -OCH3 is 1. The number of ether oxygens (including phenoxy) is 1. The van der Waals surface area contributed by atoms with E-state index < -0.39 is 0 Å². The third-order valence-electron chi connectivity index (χ3n) is 3.13. The highest BCUT2D eigenvalue weighted by Crippen LogP contribution is 2.28. The molecule has 0 radical (unpaired) electrons. The lowest BCUT2D eigenvalue weighted by atomic mass is 9.97. The van der Waals surface area contributed by atoms with Crippen molar-refractivity contribution in [2.24, 2.45) is 0 Å². The summed E-state index contributed by atoms with van der Waals surface area (Å²) < 4.78 is 5.59. The number of rotatable bonds is 7. The fourth-order valence-electron chi connectivity index (χ4n) is 2.32. The van der Waals surface area contributed by atoms with Gasteiger partial charge in [-0.05, 0) is 43.7 Å². The number of unbranched alkanes of at least 4 members (excludes halogenated alkanes) is 2. The lowest BCUT2D eigenvalue weighted by Crippen LogP contribution is -1.99. The van der Waals surface area contributed by atoms with Crippen molar-refractivity contribution < 1.29 is 4.74 Å². The van der Waals surface area contributed by atoms with Gasteiger partial charge < -0.3 is 4.74 Å². The van der Waals surface area contributed by atoms with Crippen molar-refractivity contribution in [1.82, 2.24) is 0 Å². The summed E-state index contributed by atoms with van der Waals surface area (Å²) in [6.07, 6.45) is 16.2. The molecule has 0 N–H and O–H groups in total. The maximum absolute atomic E-state index is 5.59. The molecule has 0 fully saturated rings. The van der Waals surface area contributed by atoms with E-state index in [-0.39, 0.29) is 0 Å². The van der Waals surface area contributed by atoms with Crippen LogP contribution in [-0.2, 0) is 12.8 Å². The number of terminal acetylenes is 2. The van der Waals surface area contributed by atoms with Crippen LogP contribution in [0.15, 0.2) is 12.1 Å². The van der Waals surface area contributed by atoms with Crippen LogP contribution < -0.4 is 4.74 Å². The molecule has 1 aromatic rings. The van der Waals surface area contributed by atoms with Crippen LogP contribution in [0, 0.1) is 31.6 Å². The quantitative estimate of drug-likeness (QED) is 0.529. The van der Waals surface area contributed by atoms with E-state index in [9.17, 15) is 0 Å². The fourth-order valence-corrected chi connectivity index (χ4v) is 2.32. The van der Waals surface area contributed by atoms with Crippen molar-refractivity contribution in [3.8, 4) is 30.4 Å². The molecule has 0 heterocycles. The van der Waals surface area contributed by atoms with Gasteiger partial charge in [-0.15, -0.1) is 24.7 Å². The molecule has 0 saturated heterocycles. The van der Waals surface area contributed by atoms with Crippen LogP contribution in [0.5, 0.6) is 5.75 Å². The Bertz CT molecular complexity index is 444. The van der Waals surface area contributed by atoms with Crippen LogP contribution in [0.3, 0.4) is 0 Å². The molecule has 0 unspecified atom stereocenters. The molecule has 0 bridgehead atoms. The van der Waals surface area contributed by atoms with E-state index in [0.29, 0.717) is 0 Å². The van der Waals surface area contributed by atoms with Gasteiger partial charge in [-0.1, -0.05) is 17.7 Å². The first-order valence-corrected chi connectivity index (χ1v) is 6.76. The Kier molecular flexibility index (Phi) is 6.62. The molecule has 0 atom stereocenters. The normalized spacial score (nSPS) is 9.68. The number of aryl methyl sites for hydroxylation is 3. The van der Waals surface area contributed by atoms with Gasteiger partial charge >= 0.3 is 0 Å². The zero-order chi connectivity index (χ0) is 14.1. The molecule has 0 spiro atoms. The van der Waals surface area contributed by atoms with Gasteiger partial charge in [-0.25, -0.2) is 0 Å². The lowest BCUT2D eigenvalue weighted by Gasteiger charge is -2.14. The molecular formula is C18H22O. The minimum atomic E-state index is 0.809. The Hall–Kier alpha value is -1.86. The third kappa shape index (κ3) is 4.72. The largest absolute Gasteiger partial charge is 0.496 e. The Labute approximate surface area is 117 Å². The number of hydrogen-bond donors (Lipinski definition) is 0. The minimum Gasteiger partial charge on any atom is -0.496 e. The van der Waals surface area contributed by atoms with Gasteiger partial charge in [-0.3, -0.25) is 0 Å². The first-order valence-electron chi connectivity index (χ1n) is 6.76. The number of hydrogen-bond acceptors (Lipinski definition) is 1. The summed E-state index contributed by atoms with van der Waals surface area (Å²) in [7, 11) is 1.74. The Morgan fingerprint density at radius 1 is 1.00 bits per heavy atom. The molecular weight excluding hydrogens is 232 g/mol. The second-order valence-corrected chi connectivity index (χ2v) is 4.73. The first-order chi connectivity index (χ1) is 9.22. The van der Waals surface area contributed by atoms with Crippen molar-refractivity contribution in [3.05, 3.63) is 28.8 Å². The zero-order valence-corrected chi connectivity index (χ0v) is 12.0. The van der Waals surface area contributed by atoms with Crippen molar-refractivity contribution >= 4 is 0 Å². The van der Waals surface area contributed by atoms with Crippen LogP contribution in [-0.4, -0.2) is 7.11 Å². The summed E-state index contributed by atoms with van der Waals surface area (Å²) in [6.45, 7) is 2.12. The molecule has 1 heteroatoms. The monoisotopic (exact) mass is 254 g/mol. The van der Waals surface area contributed by atoms with Crippen LogP contribution in [0.2, 0.25) is 0 Å². The highest BCUT2D eigenvalue weighted by Gasteiger charge is 2.10. The fraction of sp³-hybridized carbons (Fsp3) is 0.444. The molecule has 0 aliphatic rings. The van der Waals surface area contributed by atoms with E-state index in [1.54, 1.807) is 7.11 Å². The molecule has 0 saturated carbocycles. The second-order valence-electron chi connectivity index (χ2n) is 4.73. The molecule has 0 aliphatic carbocycles. The van der Waals surface area contributed by atoms with E-state index in [0.717, 1.165) is 44.3 Å². The summed E-state index contributed by atoms with van der Waals surface area (Å²) in [5, 5.41) is 0. The maximum atomic E-state index is 5.59. The van der Waals surface area contributed by atoms with Crippen molar-refractivity contribution in [2.45, 2.75) is 45.4 Å². The summed E-state index contributed by atoms with van der Waals surface area (Å²) >= 11 is 0. The predicted molar refractivity (Wildman–Crippen MR) is 81.3 cm³/mol. The predicted octanol–water partition coefficient (Wildman–Crippen LogP) is 3.92. The van der Waals surface area contributed by atoms with Gasteiger partial charge in [0.2, 0.25) is 0 Å². The zero-order valence-electron chi connectivity index (χ0n) is 12.0. The van der Waals surface area contributed by atoms with E-state index in [4.69, 9.17) is 17.6 Å². The summed E-state index contributed by atoms with van der Waals surface area (Å²) in [6, 6.07) is 4.39. The molecule has 1 rings (SSSR count). The lowest BCUT2D eigenvalue weighted by molar-refractivity contribution is 0.403. The average molecular weight is 254 g/mol. The summed E-state index contributed by atoms with van der Waals surface area (Å²) in [5.74, 6) is 6.38. The first kappa shape index (κ1) is 15.2. The second kappa shape index (κ2) is 8.28. The van der Waals surface area contributed by atoms with E-state index in [2.05, 4.69) is 30.9 Å². The van der Waals surface area contributed by atoms with Gasteiger partial charge in [0.05, 0.1) is 7.11 Å². The maximum Gasteiger partial charge on any atom is 0.125 e. The van der Waals surface area contributed by atoms with Crippen molar-refractivity contribution in [2.75, 3.05) is 7.11 Å². The molecule has 0 amide bonds. The van der Waals surface area contributed by atoms with Gasteiger partial charge in [0, 0.05) is 12.8 Å².